The molecule has 0 radical (unpaired) electrons. The Morgan fingerprint density at radius 2 is 1.48 bits per heavy atom. The molecule has 128 valence electrons. The Balaban J connectivity index is 2.26. The summed E-state index contributed by atoms with van der Waals surface area (Å²) in [6.45, 7) is 0. The summed E-state index contributed by atoms with van der Waals surface area (Å²) in [6, 6.07) is 10.9. The van der Waals surface area contributed by atoms with Gasteiger partial charge in [-0.05, 0) is 35.4 Å². The van der Waals surface area contributed by atoms with Gasteiger partial charge in [0.2, 0.25) is 5.78 Å². The van der Waals surface area contributed by atoms with Crippen LogP contribution in [0.3, 0.4) is 0 Å². The van der Waals surface area contributed by atoms with E-state index in [1.54, 1.807) is 17.8 Å². The Kier molecular flexibility index (Phi) is 4.46. The summed E-state index contributed by atoms with van der Waals surface area (Å²) in [5.41, 5.74) is -0.715. The second kappa shape index (κ2) is 6.57. The highest BCUT2D eigenvalue weighted by molar-refractivity contribution is 6.03. The second-order valence-corrected chi connectivity index (χ2v) is 5.59. The van der Waals surface area contributed by atoms with E-state index in [1.165, 1.54) is 61.8 Å². The molecule has 0 aliphatic heterocycles. The molecular formula is C19H16F2N2O2. The van der Waals surface area contributed by atoms with E-state index in [2.05, 4.69) is 4.98 Å². The van der Waals surface area contributed by atoms with Gasteiger partial charge in [-0.25, -0.2) is 13.8 Å². The Hall–Kier alpha value is -2.86. The average Bonchev–Trinajstić information content (AvgIpc) is 3.04. The zero-order valence-corrected chi connectivity index (χ0v) is 13.7. The first kappa shape index (κ1) is 17.0. The number of ether oxygens (including phenoxy) is 1. The first-order valence-electron chi connectivity index (χ1n) is 7.58. The van der Waals surface area contributed by atoms with Gasteiger partial charge >= 0.3 is 0 Å². The third-order valence-electron chi connectivity index (χ3n) is 4.15. The van der Waals surface area contributed by atoms with Crippen molar-refractivity contribution >= 4 is 5.78 Å². The molecule has 0 fully saturated rings. The van der Waals surface area contributed by atoms with Crippen molar-refractivity contribution in [1.29, 1.82) is 0 Å². The topological polar surface area (TPSA) is 44.1 Å². The van der Waals surface area contributed by atoms with Gasteiger partial charge in [0, 0.05) is 26.6 Å². The zero-order chi connectivity index (χ0) is 18.0. The first-order valence-corrected chi connectivity index (χ1v) is 7.58. The van der Waals surface area contributed by atoms with Crippen LogP contribution in [0.1, 0.15) is 21.7 Å². The summed E-state index contributed by atoms with van der Waals surface area (Å²) in [5.74, 6) is -1.12. The molecular weight excluding hydrogens is 326 g/mol. The molecule has 0 atom stereocenters. The standard InChI is InChI=1S/C19H16F2N2O2/c1-23-12-11-22-18(23)17(24)19(25-2,13-3-7-15(20)8-4-13)14-5-9-16(21)10-6-14/h3-12H,1-2H3. The number of ketones is 1. The van der Waals surface area contributed by atoms with Crippen molar-refractivity contribution < 1.29 is 18.3 Å². The molecule has 0 saturated heterocycles. The maximum atomic E-state index is 13.4. The molecule has 1 aromatic heterocycles. The van der Waals surface area contributed by atoms with E-state index in [-0.39, 0.29) is 5.82 Å². The van der Waals surface area contributed by atoms with Crippen molar-refractivity contribution in [2.45, 2.75) is 5.60 Å². The lowest BCUT2D eigenvalue weighted by Crippen LogP contribution is -2.40. The number of carbonyl (C=O) groups is 1. The van der Waals surface area contributed by atoms with Crippen LogP contribution in [-0.2, 0) is 17.4 Å². The van der Waals surface area contributed by atoms with Crippen LogP contribution in [-0.4, -0.2) is 22.4 Å². The van der Waals surface area contributed by atoms with Crippen LogP contribution in [0, 0.1) is 11.6 Å². The largest absolute Gasteiger partial charge is 0.360 e. The maximum absolute atomic E-state index is 13.4. The highest BCUT2D eigenvalue weighted by Gasteiger charge is 2.44. The van der Waals surface area contributed by atoms with Crippen LogP contribution in [0.15, 0.2) is 60.9 Å². The lowest BCUT2D eigenvalue weighted by Gasteiger charge is -2.31. The molecule has 1 heterocycles. The van der Waals surface area contributed by atoms with E-state index >= 15 is 0 Å². The van der Waals surface area contributed by atoms with Gasteiger partial charge in [-0.3, -0.25) is 4.79 Å². The molecule has 4 nitrogen and oxygen atoms in total. The van der Waals surface area contributed by atoms with Crippen LogP contribution in [0.25, 0.3) is 0 Å². The third-order valence-corrected chi connectivity index (χ3v) is 4.15. The predicted molar refractivity (Wildman–Crippen MR) is 88.1 cm³/mol. The van der Waals surface area contributed by atoms with Crippen molar-refractivity contribution in [2.24, 2.45) is 7.05 Å². The Morgan fingerprint density at radius 3 is 1.84 bits per heavy atom. The minimum absolute atomic E-state index is 0.176. The average molecular weight is 342 g/mol. The molecule has 3 rings (SSSR count). The molecule has 0 bridgehead atoms. The predicted octanol–water partition coefficient (Wildman–Crippen LogP) is 3.47. The summed E-state index contributed by atoms with van der Waals surface area (Å²) >= 11 is 0. The summed E-state index contributed by atoms with van der Waals surface area (Å²) in [7, 11) is 3.07. The van der Waals surface area contributed by atoms with Crippen LogP contribution in [0.5, 0.6) is 0 Å². The molecule has 0 aliphatic rings. The molecule has 0 spiro atoms. The second-order valence-electron chi connectivity index (χ2n) is 5.59. The molecule has 25 heavy (non-hydrogen) atoms. The number of aryl methyl sites for hydroxylation is 1. The summed E-state index contributed by atoms with van der Waals surface area (Å²) in [4.78, 5) is 17.5. The number of rotatable bonds is 5. The monoisotopic (exact) mass is 342 g/mol. The zero-order valence-electron chi connectivity index (χ0n) is 13.7. The number of imidazole rings is 1. The number of methoxy groups -OCH3 is 1. The van der Waals surface area contributed by atoms with Gasteiger partial charge < -0.3 is 9.30 Å². The Bertz CT molecular complexity index is 841. The van der Waals surface area contributed by atoms with Gasteiger partial charge in [0.15, 0.2) is 11.4 Å². The highest BCUT2D eigenvalue weighted by Crippen LogP contribution is 2.36. The summed E-state index contributed by atoms with van der Waals surface area (Å²) in [5, 5.41) is 0. The van der Waals surface area contributed by atoms with Gasteiger partial charge in [-0.15, -0.1) is 0 Å². The number of benzene rings is 2. The van der Waals surface area contributed by atoms with Crippen molar-refractivity contribution in [3.63, 3.8) is 0 Å². The SMILES string of the molecule is COC(C(=O)c1nccn1C)(c1ccc(F)cc1)c1ccc(F)cc1. The lowest BCUT2D eigenvalue weighted by atomic mass is 9.82. The number of Topliss-reactive ketones (excluding diaryl/α,β-unsaturated/α-hetero) is 1. The van der Waals surface area contributed by atoms with Crippen molar-refractivity contribution in [3.05, 3.63) is 89.5 Å². The summed E-state index contributed by atoms with van der Waals surface area (Å²) < 4.78 is 34.0. The molecule has 0 N–H and O–H groups in total. The van der Waals surface area contributed by atoms with Gasteiger partial charge in [0.05, 0.1) is 0 Å². The van der Waals surface area contributed by atoms with Crippen LogP contribution in [0.2, 0.25) is 0 Å². The van der Waals surface area contributed by atoms with E-state index in [0.717, 1.165) is 0 Å². The normalized spacial score (nSPS) is 11.5. The van der Waals surface area contributed by atoms with Crippen LogP contribution < -0.4 is 0 Å². The van der Waals surface area contributed by atoms with Crippen molar-refractivity contribution in [1.82, 2.24) is 9.55 Å². The minimum atomic E-state index is -1.57. The fourth-order valence-corrected chi connectivity index (χ4v) is 2.87. The number of aromatic nitrogens is 2. The fraction of sp³-hybridized carbons (Fsp3) is 0.158. The van der Waals surface area contributed by atoms with Crippen molar-refractivity contribution in [2.75, 3.05) is 7.11 Å². The van der Waals surface area contributed by atoms with E-state index in [4.69, 9.17) is 4.74 Å². The van der Waals surface area contributed by atoms with Gasteiger partial charge in [-0.1, -0.05) is 24.3 Å². The van der Waals surface area contributed by atoms with E-state index in [9.17, 15) is 13.6 Å². The van der Waals surface area contributed by atoms with Gasteiger partial charge in [-0.2, -0.15) is 0 Å². The number of hydrogen-bond donors (Lipinski definition) is 0. The third kappa shape index (κ3) is 2.85. The van der Waals surface area contributed by atoms with Crippen LogP contribution >= 0.6 is 0 Å². The number of nitrogens with zero attached hydrogens (tertiary/aromatic N) is 2. The molecule has 0 saturated carbocycles. The smallest absolute Gasteiger partial charge is 0.239 e. The lowest BCUT2D eigenvalue weighted by molar-refractivity contribution is 0.0211. The van der Waals surface area contributed by atoms with Crippen molar-refractivity contribution in [3.8, 4) is 0 Å². The number of hydrogen-bond acceptors (Lipinski definition) is 3. The van der Waals surface area contributed by atoms with Gasteiger partial charge in [0.25, 0.3) is 0 Å². The van der Waals surface area contributed by atoms with E-state index in [0.29, 0.717) is 11.1 Å². The summed E-state index contributed by atoms with van der Waals surface area (Å²) in [6.07, 6.45) is 3.14. The van der Waals surface area contributed by atoms with Crippen LogP contribution in [0.4, 0.5) is 8.78 Å². The molecule has 0 unspecified atom stereocenters. The van der Waals surface area contributed by atoms with Gasteiger partial charge in [0.1, 0.15) is 11.6 Å². The molecule has 2 aromatic carbocycles. The number of halogens is 2. The quantitative estimate of drug-likeness (QED) is 0.667. The number of carbonyl (C=O) groups excluding carboxylic acids is 1. The molecule has 0 amide bonds. The highest BCUT2D eigenvalue weighted by atomic mass is 19.1. The molecule has 3 aromatic rings. The fourth-order valence-electron chi connectivity index (χ4n) is 2.87. The first-order chi connectivity index (χ1) is 12.0. The molecule has 6 heteroatoms. The van der Waals surface area contributed by atoms with E-state index in [1.807, 2.05) is 0 Å². The maximum Gasteiger partial charge on any atom is 0.239 e. The minimum Gasteiger partial charge on any atom is -0.360 e. The Morgan fingerprint density at radius 1 is 1.00 bits per heavy atom. The molecule has 0 aliphatic carbocycles. The van der Waals surface area contributed by atoms with E-state index < -0.39 is 23.0 Å². The Labute approximate surface area is 143 Å².